The maximum absolute atomic E-state index is 12.1. The first-order chi connectivity index (χ1) is 12.5. The second-order valence-electron chi connectivity index (χ2n) is 5.26. The van der Waals surface area contributed by atoms with E-state index < -0.39 is 13.0 Å². The number of urea groups is 1. The summed E-state index contributed by atoms with van der Waals surface area (Å²) in [5, 5.41) is 5.95. The Labute approximate surface area is 155 Å². The molecule has 2 aromatic carbocycles. The molecule has 0 radical (unpaired) electrons. The van der Waals surface area contributed by atoms with Gasteiger partial charge in [-0.2, -0.15) is 0 Å². The summed E-state index contributed by atoms with van der Waals surface area (Å²) in [7, 11) is 0. The molecule has 0 spiro atoms. The molecule has 0 saturated carbocycles. The number of nitrogens with one attached hydrogen (secondary N) is 2. The highest BCUT2D eigenvalue weighted by atomic mass is 35.5. The second-order valence-corrected chi connectivity index (χ2v) is 5.70. The molecule has 0 aromatic heterocycles. The summed E-state index contributed by atoms with van der Waals surface area (Å²) in [4.78, 5) is 11.7. The van der Waals surface area contributed by atoms with Crippen molar-refractivity contribution in [2.45, 2.75) is 13.0 Å². The van der Waals surface area contributed by atoms with Gasteiger partial charge in [0, 0.05) is 11.6 Å². The molecule has 0 aliphatic rings. The molecule has 0 aliphatic carbocycles. The van der Waals surface area contributed by atoms with Crippen molar-refractivity contribution in [3.05, 3.63) is 59.1 Å². The van der Waals surface area contributed by atoms with Crippen LogP contribution in [-0.2, 0) is 6.54 Å². The van der Waals surface area contributed by atoms with Gasteiger partial charge in [0.15, 0.2) is 0 Å². The largest absolute Gasteiger partial charge is 0.492 e. The molecule has 26 heavy (non-hydrogen) atoms. The SMILES string of the molecule is O=C(NCCOc1ccc(Cl)cc1)NCc1cccc(OCC(F)F)c1. The summed E-state index contributed by atoms with van der Waals surface area (Å²) in [6, 6.07) is 13.2. The Morgan fingerprint density at radius 1 is 1.04 bits per heavy atom. The van der Waals surface area contributed by atoms with Gasteiger partial charge in [-0.05, 0) is 42.0 Å². The van der Waals surface area contributed by atoms with Crippen LogP contribution in [0.4, 0.5) is 13.6 Å². The van der Waals surface area contributed by atoms with Gasteiger partial charge in [0.2, 0.25) is 0 Å². The van der Waals surface area contributed by atoms with Gasteiger partial charge < -0.3 is 20.1 Å². The van der Waals surface area contributed by atoms with Crippen molar-refractivity contribution in [3.8, 4) is 11.5 Å². The summed E-state index contributed by atoms with van der Waals surface area (Å²) < 4.78 is 34.7. The first kappa shape index (κ1) is 19.8. The molecule has 8 heteroatoms. The van der Waals surface area contributed by atoms with Crippen molar-refractivity contribution in [1.29, 1.82) is 0 Å². The van der Waals surface area contributed by atoms with Crippen LogP contribution in [-0.4, -0.2) is 32.2 Å². The molecule has 0 saturated heterocycles. The first-order valence-electron chi connectivity index (χ1n) is 7.93. The molecule has 2 rings (SSSR count). The molecule has 0 atom stereocenters. The molecular formula is C18H19ClF2N2O3. The van der Waals surface area contributed by atoms with Crippen LogP contribution in [0.5, 0.6) is 11.5 Å². The average molecular weight is 385 g/mol. The lowest BCUT2D eigenvalue weighted by molar-refractivity contribution is 0.0818. The van der Waals surface area contributed by atoms with Crippen LogP contribution in [0.3, 0.4) is 0 Å². The highest BCUT2D eigenvalue weighted by Crippen LogP contribution is 2.15. The van der Waals surface area contributed by atoms with Crippen molar-refractivity contribution in [3.63, 3.8) is 0 Å². The van der Waals surface area contributed by atoms with Gasteiger partial charge in [-0.25, -0.2) is 13.6 Å². The summed E-state index contributed by atoms with van der Waals surface area (Å²) >= 11 is 5.78. The van der Waals surface area contributed by atoms with Gasteiger partial charge in [0.25, 0.3) is 6.43 Å². The quantitative estimate of drug-likeness (QED) is 0.645. The highest BCUT2D eigenvalue weighted by molar-refractivity contribution is 6.30. The van der Waals surface area contributed by atoms with Gasteiger partial charge in [-0.3, -0.25) is 0 Å². The van der Waals surface area contributed by atoms with Crippen LogP contribution < -0.4 is 20.1 Å². The summed E-state index contributed by atoms with van der Waals surface area (Å²) in [6.45, 7) is 0.221. The molecule has 0 heterocycles. The minimum Gasteiger partial charge on any atom is -0.492 e. The number of carbonyl (C=O) groups excluding carboxylic acids is 1. The topological polar surface area (TPSA) is 59.6 Å². The monoisotopic (exact) mass is 384 g/mol. The Bertz CT molecular complexity index is 699. The second kappa shape index (κ2) is 10.5. The summed E-state index contributed by atoms with van der Waals surface area (Å²) in [5.74, 6) is 0.999. The Hall–Kier alpha value is -2.54. The molecule has 0 fully saturated rings. The number of benzene rings is 2. The van der Waals surface area contributed by atoms with Crippen LogP contribution in [0.15, 0.2) is 48.5 Å². The third-order valence-electron chi connectivity index (χ3n) is 3.20. The van der Waals surface area contributed by atoms with E-state index in [0.717, 1.165) is 5.56 Å². The number of halogens is 3. The van der Waals surface area contributed by atoms with E-state index >= 15 is 0 Å². The van der Waals surface area contributed by atoms with E-state index in [2.05, 4.69) is 10.6 Å². The van der Waals surface area contributed by atoms with Gasteiger partial charge in [0.1, 0.15) is 24.7 Å². The van der Waals surface area contributed by atoms with Gasteiger partial charge in [-0.1, -0.05) is 23.7 Å². The lowest BCUT2D eigenvalue weighted by Crippen LogP contribution is -2.37. The zero-order valence-electron chi connectivity index (χ0n) is 13.9. The Kier molecular flexibility index (Phi) is 7.95. The van der Waals surface area contributed by atoms with E-state index in [1.54, 1.807) is 48.5 Å². The van der Waals surface area contributed by atoms with Crippen molar-refractivity contribution in [2.75, 3.05) is 19.8 Å². The Morgan fingerprint density at radius 3 is 2.54 bits per heavy atom. The molecule has 2 amide bonds. The minimum absolute atomic E-state index is 0.246. The van der Waals surface area contributed by atoms with E-state index in [-0.39, 0.29) is 12.6 Å². The van der Waals surface area contributed by atoms with E-state index in [4.69, 9.17) is 21.1 Å². The zero-order valence-corrected chi connectivity index (χ0v) is 14.6. The van der Waals surface area contributed by atoms with Crippen LogP contribution >= 0.6 is 11.6 Å². The van der Waals surface area contributed by atoms with Gasteiger partial charge in [0.05, 0.1) is 6.54 Å². The number of carbonyl (C=O) groups is 1. The fourth-order valence-corrected chi connectivity index (χ4v) is 2.14. The summed E-state index contributed by atoms with van der Waals surface area (Å²) in [5.41, 5.74) is 0.740. The first-order valence-corrected chi connectivity index (χ1v) is 8.30. The number of ether oxygens (including phenoxy) is 2. The third kappa shape index (κ3) is 7.57. The van der Waals surface area contributed by atoms with E-state index in [0.29, 0.717) is 29.7 Å². The minimum atomic E-state index is -2.53. The van der Waals surface area contributed by atoms with Crippen LogP contribution in [0.25, 0.3) is 0 Å². The standard InChI is InChI=1S/C18H19ClF2N2O3/c19-14-4-6-15(7-5-14)25-9-8-22-18(24)23-11-13-2-1-3-16(10-13)26-12-17(20)21/h1-7,10,17H,8-9,11-12H2,(H2,22,23,24). The molecule has 0 bridgehead atoms. The number of alkyl halides is 2. The zero-order chi connectivity index (χ0) is 18.8. The molecule has 140 valence electrons. The van der Waals surface area contributed by atoms with Crippen molar-refractivity contribution < 1.29 is 23.0 Å². The Balaban J connectivity index is 1.65. The predicted molar refractivity (Wildman–Crippen MR) is 95.1 cm³/mol. The van der Waals surface area contributed by atoms with Gasteiger partial charge in [-0.15, -0.1) is 0 Å². The Morgan fingerprint density at radius 2 is 1.81 bits per heavy atom. The van der Waals surface area contributed by atoms with E-state index in [1.807, 2.05) is 0 Å². The van der Waals surface area contributed by atoms with Crippen LogP contribution in [0.2, 0.25) is 5.02 Å². The number of rotatable bonds is 9. The van der Waals surface area contributed by atoms with E-state index in [1.165, 1.54) is 0 Å². The average Bonchev–Trinajstić information content (AvgIpc) is 2.64. The number of hydrogen-bond acceptors (Lipinski definition) is 3. The summed E-state index contributed by atoms with van der Waals surface area (Å²) in [6.07, 6.45) is -2.53. The maximum Gasteiger partial charge on any atom is 0.315 e. The molecular weight excluding hydrogens is 366 g/mol. The molecule has 0 unspecified atom stereocenters. The fourth-order valence-electron chi connectivity index (χ4n) is 2.01. The predicted octanol–water partition coefficient (Wildman–Crippen LogP) is 3.86. The normalized spacial score (nSPS) is 10.5. The lowest BCUT2D eigenvalue weighted by atomic mass is 10.2. The van der Waals surface area contributed by atoms with E-state index in [9.17, 15) is 13.6 Å². The highest BCUT2D eigenvalue weighted by Gasteiger charge is 2.05. The molecule has 2 aromatic rings. The van der Waals surface area contributed by atoms with Crippen molar-refractivity contribution in [1.82, 2.24) is 10.6 Å². The maximum atomic E-state index is 12.1. The van der Waals surface area contributed by atoms with Crippen LogP contribution in [0.1, 0.15) is 5.56 Å². The number of amides is 2. The smallest absolute Gasteiger partial charge is 0.315 e. The van der Waals surface area contributed by atoms with Gasteiger partial charge >= 0.3 is 6.03 Å². The molecule has 5 nitrogen and oxygen atoms in total. The van der Waals surface area contributed by atoms with Crippen molar-refractivity contribution >= 4 is 17.6 Å². The molecule has 0 aliphatic heterocycles. The molecule has 2 N–H and O–H groups in total. The fraction of sp³-hybridized carbons (Fsp3) is 0.278. The van der Waals surface area contributed by atoms with Crippen LogP contribution in [0, 0.1) is 0 Å². The van der Waals surface area contributed by atoms with Crippen molar-refractivity contribution in [2.24, 2.45) is 0 Å². The number of hydrogen-bond donors (Lipinski definition) is 2. The lowest BCUT2D eigenvalue weighted by Gasteiger charge is -2.10. The third-order valence-corrected chi connectivity index (χ3v) is 3.45.